The average molecular weight is 432 g/mol. The van der Waals surface area contributed by atoms with E-state index in [9.17, 15) is 14.4 Å². The van der Waals surface area contributed by atoms with Crippen LogP contribution >= 0.6 is 19.4 Å². The van der Waals surface area contributed by atoms with Crippen molar-refractivity contribution in [1.29, 1.82) is 0 Å². The standard InChI is InChI=1S/C18H23ClNO7P/c1-24-18(11-2-3-14(20)15(6-11)25-28(21,22)23)17(26-27-18)12-4-10-5-13(17)9-16(19,7-10)8-12/h2-3,6,10,12-13H,4-5,7-9,20H2,1H3,(H2,21,22,23). The third-order valence-corrected chi connectivity index (χ3v) is 7.93. The van der Waals surface area contributed by atoms with E-state index >= 15 is 0 Å². The quantitative estimate of drug-likeness (QED) is 0.288. The summed E-state index contributed by atoms with van der Waals surface area (Å²) in [7, 11) is -3.22. The fourth-order valence-corrected chi connectivity index (χ4v) is 7.30. The Balaban J connectivity index is 1.58. The highest BCUT2D eigenvalue weighted by Crippen LogP contribution is 2.71. The van der Waals surface area contributed by atoms with Crippen LogP contribution in [0.4, 0.5) is 5.69 Å². The van der Waals surface area contributed by atoms with Crippen LogP contribution in [0.3, 0.4) is 0 Å². The number of anilines is 1. The fourth-order valence-electron chi connectivity index (χ4n) is 6.29. The molecule has 1 aromatic rings. The van der Waals surface area contributed by atoms with Gasteiger partial charge in [0.25, 0.3) is 5.79 Å². The van der Waals surface area contributed by atoms with Crippen molar-refractivity contribution in [2.24, 2.45) is 17.8 Å². The topological polar surface area (TPSA) is 120 Å². The third kappa shape index (κ3) is 2.46. The van der Waals surface area contributed by atoms with Crippen molar-refractivity contribution < 1.29 is 33.4 Å². The van der Waals surface area contributed by atoms with Crippen molar-refractivity contribution in [2.75, 3.05) is 12.8 Å². The molecule has 5 fully saturated rings. The first-order valence-corrected chi connectivity index (χ1v) is 11.3. The van der Waals surface area contributed by atoms with Crippen molar-refractivity contribution in [3.05, 3.63) is 23.8 Å². The number of hydrogen-bond acceptors (Lipinski definition) is 6. The monoisotopic (exact) mass is 431 g/mol. The molecule has 4 aliphatic carbocycles. The number of phosphoric acid groups is 1. The van der Waals surface area contributed by atoms with E-state index in [1.54, 1.807) is 13.2 Å². The molecule has 10 heteroatoms. The fraction of sp³-hybridized carbons (Fsp3) is 0.667. The second-order valence-electron chi connectivity index (χ2n) is 8.61. The minimum Gasteiger partial charge on any atom is -0.402 e. The van der Waals surface area contributed by atoms with E-state index in [1.165, 1.54) is 12.1 Å². The van der Waals surface area contributed by atoms with Gasteiger partial charge in [0.2, 0.25) is 0 Å². The van der Waals surface area contributed by atoms with Crippen LogP contribution in [0, 0.1) is 17.8 Å². The van der Waals surface area contributed by atoms with Crippen LogP contribution in [0.2, 0.25) is 0 Å². The van der Waals surface area contributed by atoms with Gasteiger partial charge in [-0.25, -0.2) is 9.45 Å². The van der Waals surface area contributed by atoms with Gasteiger partial charge in [0, 0.05) is 17.5 Å². The second-order valence-corrected chi connectivity index (χ2v) is 10.6. The zero-order valence-corrected chi connectivity index (χ0v) is 17.0. The molecule has 1 heterocycles. The molecular weight excluding hydrogens is 409 g/mol. The Hall–Kier alpha value is -0.860. The van der Waals surface area contributed by atoms with Crippen molar-refractivity contribution in [3.63, 3.8) is 0 Å². The highest BCUT2D eigenvalue weighted by molar-refractivity contribution is 7.46. The highest BCUT2D eigenvalue weighted by Gasteiger charge is 2.78. The largest absolute Gasteiger partial charge is 0.524 e. The number of ether oxygens (including phenoxy) is 1. The molecule has 0 aromatic heterocycles. The molecule has 1 spiro atoms. The van der Waals surface area contributed by atoms with Gasteiger partial charge in [-0.05, 0) is 62.0 Å². The normalized spacial score (nSPS) is 43.9. The molecule has 154 valence electrons. The molecule has 1 aliphatic heterocycles. The van der Waals surface area contributed by atoms with E-state index in [0.29, 0.717) is 11.5 Å². The summed E-state index contributed by atoms with van der Waals surface area (Å²) >= 11 is 6.88. The molecule has 1 saturated heterocycles. The maximum atomic E-state index is 11.3. The zero-order valence-electron chi connectivity index (χ0n) is 15.3. The van der Waals surface area contributed by atoms with Gasteiger partial charge in [-0.1, -0.05) is 6.07 Å². The Kier molecular flexibility index (Phi) is 4.00. The first-order chi connectivity index (χ1) is 13.1. The Bertz CT molecular complexity index is 855. The number of nitrogens with two attached hydrogens (primary N) is 1. The molecule has 3 atom stereocenters. The summed E-state index contributed by atoms with van der Waals surface area (Å²) in [4.78, 5) is 29.7. The van der Waals surface area contributed by atoms with E-state index in [4.69, 9.17) is 36.4 Å². The van der Waals surface area contributed by atoms with Gasteiger partial charge in [0.05, 0.1) is 5.69 Å². The number of phosphoric ester groups is 1. The first-order valence-electron chi connectivity index (χ1n) is 9.37. The lowest BCUT2D eigenvalue weighted by Gasteiger charge is -2.70. The molecule has 1 aromatic carbocycles. The van der Waals surface area contributed by atoms with Gasteiger partial charge in [0.1, 0.15) is 0 Å². The van der Waals surface area contributed by atoms with Gasteiger partial charge < -0.3 is 15.0 Å². The predicted octanol–water partition coefficient (Wildman–Crippen LogP) is 3.06. The lowest BCUT2D eigenvalue weighted by molar-refractivity contribution is -0.645. The molecule has 0 radical (unpaired) electrons. The smallest absolute Gasteiger partial charge is 0.402 e. The van der Waals surface area contributed by atoms with Gasteiger partial charge in [0.15, 0.2) is 11.4 Å². The molecule has 3 unspecified atom stereocenters. The Morgan fingerprint density at radius 2 is 1.89 bits per heavy atom. The molecule has 8 nitrogen and oxygen atoms in total. The van der Waals surface area contributed by atoms with Crippen LogP contribution < -0.4 is 10.3 Å². The summed E-state index contributed by atoms with van der Waals surface area (Å²) < 4.78 is 22.0. The van der Waals surface area contributed by atoms with Gasteiger partial charge in [-0.2, -0.15) is 4.89 Å². The Morgan fingerprint density at radius 3 is 2.39 bits per heavy atom. The number of nitrogen functional groups attached to an aromatic ring is 1. The second kappa shape index (κ2) is 5.85. The van der Waals surface area contributed by atoms with Crippen molar-refractivity contribution in [3.8, 4) is 5.75 Å². The van der Waals surface area contributed by atoms with Gasteiger partial charge in [-0.3, -0.25) is 9.79 Å². The van der Waals surface area contributed by atoms with Crippen LogP contribution in [-0.2, 0) is 24.9 Å². The maximum absolute atomic E-state index is 11.3. The number of rotatable bonds is 4. The first kappa shape index (κ1) is 19.1. The van der Waals surface area contributed by atoms with Crippen LogP contribution in [0.15, 0.2) is 18.2 Å². The minimum absolute atomic E-state index is 0.109. The molecule has 0 amide bonds. The third-order valence-electron chi connectivity index (χ3n) is 7.04. The number of halogens is 1. The molecule has 28 heavy (non-hydrogen) atoms. The van der Waals surface area contributed by atoms with E-state index in [-0.39, 0.29) is 28.1 Å². The summed E-state index contributed by atoms with van der Waals surface area (Å²) in [6.07, 6.45) is 4.70. The van der Waals surface area contributed by atoms with Crippen LogP contribution in [0.1, 0.15) is 37.7 Å². The van der Waals surface area contributed by atoms with Crippen molar-refractivity contribution in [2.45, 2.75) is 48.4 Å². The van der Waals surface area contributed by atoms with E-state index in [2.05, 4.69) is 0 Å². The summed E-state index contributed by atoms with van der Waals surface area (Å²) in [5.74, 6) is -0.393. The number of methoxy groups -OCH3 is 1. The van der Waals surface area contributed by atoms with Crippen LogP contribution in [0.5, 0.6) is 5.75 Å². The Morgan fingerprint density at radius 1 is 1.21 bits per heavy atom. The molecule has 4 saturated carbocycles. The van der Waals surface area contributed by atoms with Gasteiger partial charge in [-0.15, -0.1) is 11.6 Å². The molecule has 4 bridgehead atoms. The number of alkyl halides is 1. The number of hydrogen-bond donors (Lipinski definition) is 3. The summed E-state index contributed by atoms with van der Waals surface area (Å²) in [6, 6.07) is 4.70. The summed E-state index contributed by atoms with van der Waals surface area (Å²) in [5.41, 5.74) is 5.82. The highest BCUT2D eigenvalue weighted by atomic mass is 35.5. The average Bonchev–Trinajstić information content (AvgIpc) is 2.54. The maximum Gasteiger partial charge on any atom is 0.524 e. The lowest BCUT2D eigenvalue weighted by Crippen LogP contribution is -2.78. The minimum atomic E-state index is -4.77. The molecule has 4 N–H and O–H groups in total. The van der Waals surface area contributed by atoms with E-state index in [0.717, 1.165) is 32.1 Å². The Labute approximate surface area is 167 Å². The predicted molar refractivity (Wildman–Crippen MR) is 99.3 cm³/mol. The zero-order chi connectivity index (χ0) is 19.9. The number of benzene rings is 1. The summed E-state index contributed by atoms with van der Waals surface area (Å²) in [5, 5.41) is 0. The SMILES string of the molecule is COC1(c2ccc(N)c(OP(=O)(O)O)c2)OOC12C1CC3CC2CC(Cl)(C3)C1. The van der Waals surface area contributed by atoms with E-state index in [1.807, 2.05) is 0 Å². The molecule has 6 rings (SSSR count). The van der Waals surface area contributed by atoms with Crippen molar-refractivity contribution in [1.82, 2.24) is 0 Å². The summed E-state index contributed by atoms with van der Waals surface area (Å²) in [6.45, 7) is 0. The van der Waals surface area contributed by atoms with Gasteiger partial charge >= 0.3 is 7.82 Å². The van der Waals surface area contributed by atoms with Crippen molar-refractivity contribution >= 4 is 25.1 Å². The lowest BCUT2D eigenvalue weighted by atomic mass is 9.46. The van der Waals surface area contributed by atoms with Crippen LogP contribution in [0.25, 0.3) is 0 Å². The molecule has 5 aliphatic rings. The van der Waals surface area contributed by atoms with E-state index < -0.39 is 19.2 Å². The molecular formula is C18H23ClNO7P. The van der Waals surface area contributed by atoms with Crippen LogP contribution in [-0.4, -0.2) is 27.4 Å².